The number of hydrogen-bond donors (Lipinski definition) is 1. The van der Waals surface area contributed by atoms with Crippen LogP contribution in [0.25, 0.3) is 6.08 Å². The molecule has 0 unspecified atom stereocenters. The van der Waals surface area contributed by atoms with Gasteiger partial charge in [0.25, 0.3) is 11.8 Å². The quantitative estimate of drug-likeness (QED) is 0.369. The molecule has 2 aliphatic rings. The lowest BCUT2D eigenvalue weighted by Crippen LogP contribution is -2.54. The van der Waals surface area contributed by atoms with Crippen molar-refractivity contribution in [3.63, 3.8) is 0 Å². The number of nitrogens with zero attached hydrogens (tertiary/aromatic N) is 2. The van der Waals surface area contributed by atoms with Crippen LogP contribution in [-0.2, 0) is 9.59 Å². The van der Waals surface area contributed by atoms with E-state index in [-0.39, 0.29) is 10.7 Å². The minimum absolute atomic E-state index is 0.0364. The summed E-state index contributed by atoms with van der Waals surface area (Å²) in [6, 6.07) is 8.86. The minimum atomic E-state index is -0.543. The molecule has 0 atom stereocenters. The summed E-state index contributed by atoms with van der Waals surface area (Å²) in [5.41, 5.74) is 0.535. The molecule has 28 heavy (non-hydrogen) atoms. The van der Waals surface area contributed by atoms with E-state index in [4.69, 9.17) is 16.6 Å². The van der Waals surface area contributed by atoms with Gasteiger partial charge in [0.1, 0.15) is 11.3 Å². The smallest absolute Gasteiger partial charge is 0.270 e. The van der Waals surface area contributed by atoms with Crippen LogP contribution in [0.5, 0.6) is 0 Å². The fourth-order valence-electron chi connectivity index (χ4n) is 3.21. The Hall–Kier alpha value is -1.97. The van der Waals surface area contributed by atoms with Crippen molar-refractivity contribution in [2.24, 2.45) is 0 Å². The molecule has 2 saturated heterocycles. The number of carbonyl (C=O) groups excluding carboxylic acids is 2. The normalized spacial score (nSPS) is 18.9. The van der Waals surface area contributed by atoms with Gasteiger partial charge in [-0.25, -0.2) is 0 Å². The molecule has 0 radical (unpaired) electrons. The van der Waals surface area contributed by atoms with Crippen LogP contribution >= 0.6 is 44.1 Å². The highest BCUT2D eigenvalue weighted by Gasteiger charge is 2.35. The molecule has 1 aromatic carbocycles. The van der Waals surface area contributed by atoms with E-state index in [9.17, 15) is 9.59 Å². The largest absolute Gasteiger partial charge is 0.440 e. The van der Waals surface area contributed by atoms with Gasteiger partial charge in [-0.05, 0) is 71.3 Å². The van der Waals surface area contributed by atoms with Crippen molar-refractivity contribution in [3.8, 4) is 0 Å². The summed E-state index contributed by atoms with van der Waals surface area (Å²) in [5, 5.41) is 2.62. The summed E-state index contributed by atoms with van der Waals surface area (Å²) >= 11 is 12.1. The number of carbonyl (C=O) groups is 2. The number of halogens is 2. The molecule has 6 nitrogen and oxygen atoms in total. The molecule has 1 aromatic heterocycles. The zero-order valence-corrected chi connectivity index (χ0v) is 18.6. The number of furan rings is 1. The first kappa shape index (κ1) is 19.4. The van der Waals surface area contributed by atoms with Crippen molar-refractivity contribution in [2.75, 3.05) is 22.9 Å². The number of thiocarbonyl (C=S) groups is 1. The van der Waals surface area contributed by atoms with Crippen molar-refractivity contribution in [1.82, 2.24) is 5.32 Å². The summed E-state index contributed by atoms with van der Waals surface area (Å²) < 4.78 is 7.57. The van der Waals surface area contributed by atoms with Crippen LogP contribution in [0.3, 0.4) is 0 Å². The summed E-state index contributed by atoms with van der Waals surface area (Å²) in [6.07, 6.45) is 3.68. The maximum atomic E-state index is 13.0. The highest BCUT2D eigenvalue weighted by molar-refractivity contribution is 9.10. The number of anilines is 2. The molecular weight excluding hydrogens is 510 g/mol. The highest BCUT2D eigenvalue weighted by atomic mass is 79.9. The van der Waals surface area contributed by atoms with E-state index in [2.05, 4.69) is 42.1 Å². The Morgan fingerprint density at radius 3 is 2.46 bits per heavy atom. The van der Waals surface area contributed by atoms with Crippen molar-refractivity contribution in [3.05, 3.63) is 50.6 Å². The topological polar surface area (TPSA) is 65.8 Å². The van der Waals surface area contributed by atoms with Crippen LogP contribution in [0, 0.1) is 0 Å². The summed E-state index contributed by atoms with van der Waals surface area (Å²) in [6.45, 7) is 1.85. The monoisotopic (exact) mass is 523 g/mol. The van der Waals surface area contributed by atoms with Gasteiger partial charge in [-0.15, -0.1) is 0 Å². The van der Waals surface area contributed by atoms with Gasteiger partial charge >= 0.3 is 0 Å². The Morgan fingerprint density at radius 1 is 1.11 bits per heavy atom. The Labute approximate surface area is 183 Å². The predicted molar refractivity (Wildman–Crippen MR) is 118 cm³/mol. The van der Waals surface area contributed by atoms with E-state index in [1.807, 2.05) is 0 Å². The van der Waals surface area contributed by atoms with E-state index >= 15 is 0 Å². The second-order valence-corrected chi connectivity index (χ2v) is 8.59. The molecule has 0 bridgehead atoms. The molecule has 0 aliphatic carbocycles. The third-order valence-corrected chi connectivity index (χ3v) is 5.94. The number of nitrogens with one attached hydrogen (secondary N) is 1. The lowest BCUT2D eigenvalue weighted by atomic mass is 10.1. The highest BCUT2D eigenvalue weighted by Crippen LogP contribution is 2.34. The molecule has 2 aromatic rings. The Kier molecular flexibility index (Phi) is 5.39. The number of hydrogen-bond acceptors (Lipinski definition) is 5. The van der Waals surface area contributed by atoms with Crippen LogP contribution < -0.4 is 15.1 Å². The maximum absolute atomic E-state index is 13.0. The Balaban J connectivity index is 1.67. The lowest BCUT2D eigenvalue weighted by Gasteiger charge is -2.28. The first-order valence-electron chi connectivity index (χ1n) is 8.65. The average molecular weight is 525 g/mol. The second-order valence-electron chi connectivity index (χ2n) is 6.43. The second kappa shape index (κ2) is 7.81. The standard InChI is InChI=1S/C19H15Br2N3O3S/c20-11-3-5-12(6-4-11)24-17(26)14(16(25)22-19(24)28)9-13-10-15(21)18(27-13)23-7-1-2-8-23/h3-6,9-10H,1-2,7-8H2,(H,22,25,28)/b14-9+. The van der Waals surface area contributed by atoms with E-state index < -0.39 is 11.8 Å². The molecule has 2 aliphatic heterocycles. The fourth-order valence-corrected chi connectivity index (χ4v) is 4.31. The zero-order chi connectivity index (χ0) is 19.8. The fraction of sp³-hybridized carbons (Fsp3) is 0.211. The molecule has 144 valence electrons. The average Bonchev–Trinajstić information content (AvgIpc) is 3.29. The van der Waals surface area contributed by atoms with Gasteiger partial charge < -0.3 is 9.32 Å². The van der Waals surface area contributed by atoms with Crippen LogP contribution in [-0.4, -0.2) is 30.0 Å². The lowest BCUT2D eigenvalue weighted by molar-refractivity contribution is -0.122. The predicted octanol–water partition coefficient (Wildman–Crippen LogP) is 4.24. The Morgan fingerprint density at radius 2 is 1.79 bits per heavy atom. The maximum Gasteiger partial charge on any atom is 0.270 e. The van der Waals surface area contributed by atoms with Crippen molar-refractivity contribution in [1.29, 1.82) is 0 Å². The van der Waals surface area contributed by atoms with Crippen LogP contribution in [0.2, 0.25) is 0 Å². The van der Waals surface area contributed by atoms with Gasteiger partial charge in [0.05, 0.1) is 10.2 Å². The summed E-state index contributed by atoms with van der Waals surface area (Å²) in [7, 11) is 0. The van der Waals surface area contributed by atoms with Gasteiger partial charge in [-0.2, -0.15) is 0 Å². The summed E-state index contributed by atoms with van der Waals surface area (Å²) in [5.74, 6) is 0.106. The van der Waals surface area contributed by atoms with Crippen molar-refractivity contribution < 1.29 is 14.0 Å². The van der Waals surface area contributed by atoms with Gasteiger partial charge in [0, 0.05) is 23.6 Å². The molecule has 2 fully saturated rings. The zero-order valence-electron chi connectivity index (χ0n) is 14.6. The molecule has 3 heterocycles. The van der Waals surface area contributed by atoms with Gasteiger partial charge in [0.2, 0.25) is 5.88 Å². The van der Waals surface area contributed by atoms with E-state index in [1.54, 1.807) is 30.3 Å². The van der Waals surface area contributed by atoms with E-state index in [1.165, 1.54) is 11.0 Å². The van der Waals surface area contributed by atoms with Crippen LogP contribution in [0.1, 0.15) is 18.6 Å². The SMILES string of the molecule is O=C1NC(=S)N(c2ccc(Br)cc2)C(=O)/C1=C/c1cc(Br)c(N2CCCC2)o1. The molecule has 4 rings (SSSR count). The van der Waals surface area contributed by atoms with E-state index in [0.29, 0.717) is 17.3 Å². The Bertz CT molecular complexity index is 994. The number of amides is 2. The molecule has 2 amide bonds. The number of rotatable bonds is 3. The first-order valence-corrected chi connectivity index (χ1v) is 10.6. The molecule has 1 N–H and O–H groups in total. The third-order valence-electron chi connectivity index (χ3n) is 4.55. The third kappa shape index (κ3) is 3.66. The minimum Gasteiger partial charge on any atom is -0.440 e. The number of benzene rings is 1. The van der Waals surface area contributed by atoms with E-state index in [0.717, 1.165) is 34.9 Å². The first-order chi connectivity index (χ1) is 13.4. The van der Waals surface area contributed by atoms with Crippen LogP contribution in [0.4, 0.5) is 11.6 Å². The van der Waals surface area contributed by atoms with Crippen molar-refractivity contribution >= 4 is 78.7 Å². The van der Waals surface area contributed by atoms with Gasteiger partial charge in [0.15, 0.2) is 5.11 Å². The molecule has 0 spiro atoms. The van der Waals surface area contributed by atoms with Gasteiger partial charge in [-0.3, -0.25) is 19.8 Å². The molecule has 9 heteroatoms. The summed E-state index contributed by atoms with van der Waals surface area (Å²) in [4.78, 5) is 28.9. The van der Waals surface area contributed by atoms with Gasteiger partial charge in [-0.1, -0.05) is 15.9 Å². The molecular formula is C19H15Br2N3O3S. The van der Waals surface area contributed by atoms with Crippen molar-refractivity contribution in [2.45, 2.75) is 12.8 Å². The van der Waals surface area contributed by atoms with Crippen LogP contribution in [0.15, 0.2) is 49.3 Å². The molecule has 0 saturated carbocycles.